The normalized spacial score (nSPS) is 13.9. The number of aliphatic carboxylic acids is 1. The third-order valence-electron chi connectivity index (χ3n) is 2.01. The van der Waals surface area contributed by atoms with Gasteiger partial charge in [0, 0.05) is 12.5 Å². The summed E-state index contributed by atoms with van der Waals surface area (Å²) in [6.45, 7) is 3.83. The molecule has 0 heterocycles. The van der Waals surface area contributed by atoms with E-state index >= 15 is 0 Å². The van der Waals surface area contributed by atoms with Gasteiger partial charge in [0.2, 0.25) is 0 Å². The Morgan fingerprint density at radius 3 is 2.12 bits per heavy atom. The van der Waals surface area contributed by atoms with Crippen molar-refractivity contribution in [2.24, 2.45) is 5.73 Å². The summed E-state index contributed by atoms with van der Waals surface area (Å²) in [5, 5.41) is 17.0. The molecule has 0 amide bonds. The molecule has 0 aromatic heterocycles. The van der Waals surface area contributed by atoms with E-state index in [-0.39, 0.29) is 18.7 Å². The van der Waals surface area contributed by atoms with Gasteiger partial charge in [0.25, 0.3) is 0 Å². The van der Waals surface area contributed by atoms with E-state index in [1.807, 2.05) is 27.9 Å². The van der Waals surface area contributed by atoms with Crippen LogP contribution in [0.15, 0.2) is 0 Å². The third-order valence-corrected chi connectivity index (χ3v) is 2.01. The van der Waals surface area contributed by atoms with E-state index in [0.29, 0.717) is 6.42 Å². The zero-order valence-electron chi connectivity index (χ0n) is 10.8. The summed E-state index contributed by atoms with van der Waals surface area (Å²) >= 11 is 0. The molecule has 0 aromatic carbocycles. The molecule has 2 unspecified atom stereocenters. The Morgan fingerprint density at radius 2 is 1.94 bits per heavy atom. The van der Waals surface area contributed by atoms with Gasteiger partial charge in [-0.3, -0.25) is 9.69 Å². The highest BCUT2D eigenvalue weighted by Crippen LogP contribution is 1.97. The number of carboxylic acids is 1. The monoisotopic (exact) mass is 234 g/mol. The Bertz CT molecular complexity index is 173. The van der Waals surface area contributed by atoms with Gasteiger partial charge < -0.3 is 15.9 Å². The second-order valence-corrected chi connectivity index (χ2v) is 4.12. The van der Waals surface area contributed by atoms with Gasteiger partial charge in [-0.15, -0.1) is 0 Å². The van der Waals surface area contributed by atoms with Gasteiger partial charge in [-0.25, -0.2) is 0 Å². The lowest BCUT2D eigenvalue weighted by atomic mass is 10.1. The Hall–Kier alpha value is -0.650. The molecular weight excluding hydrogens is 208 g/mol. The standard InChI is InChI=1S/C6H13NO2.C5H13NO/c1-5(7)3-2-4-6(8)9;1-4-5(7)6(2)3/h5H,2-4,7H2,1H3,(H,8,9);5,7H,4H2,1-3H3. The number of carboxylic acid groups (broad SMARTS) is 1. The largest absolute Gasteiger partial charge is 0.481 e. The van der Waals surface area contributed by atoms with Crippen LogP contribution in [0.25, 0.3) is 0 Å². The summed E-state index contributed by atoms with van der Waals surface area (Å²) in [5.74, 6) is -0.740. The molecule has 2 atom stereocenters. The summed E-state index contributed by atoms with van der Waals surface area (Å²) in [6.07, 6.45) is 2.26. The third kappa shape index (κ3) is 15.8. The van der Waals surface area contributed by atoms with Gasteiger partial charge in [0.05, 0.1) is 0 Å². The fourth-order valence-corrected chi connectivity index (χ4v) is 0.940. The maximum atomic E-state index is 9.94. The molecule has 0 bridgehead atoms. The highest BCUT2D eigenvalue weighted by molar-refractivity contribution is 5.66. The average molecular weight is 234 g/mol. The van der Waals surface area contributed by atoms with Crippen molar-refractivity contribution >= 4 is 5.97 Å². The molecule has 0 aromatic rings. The summed E-state index contributed by atoms with van der Waals surface area (Å²) in [6, 6.07) is 0.129. The molecular formula is C11H26N2O3. The predicted octanol–water partition coefficient (Wildman–Crippen LogP) is 0.865. The highest BCUT2D eigenvalue weighted by Gasteiger charge is 1.99. The van der Waals surface area contributed by atoms with E-state index < -0.39 is 5.97 Å². The fraction of sp³-hybridized carbons (Fsp3) is 0.909. The summed E-state index contributed by atoms with van der Waals surface area (Å²) in [5.41, 5.74) is 5.39. The Balaban J connectivity index is 0. The van der Waals surface area contributed by atoms with Gasteiger partial charge in [-0.2, -0.15) is 0 Å². The molecule has 0 aliphatic heterocycles. The SMILES string of the molecule is CC(N)CCCC(=O)O.CCC(O)N(C)C. The number of nitrogens with two attached hydrogens (primary N) is 1. The molecule has 0 saturated carbocycles. The molecule has 0 spiro atoms. The van der Waals surface area contributed by atoms with Crippen molar-refractivity contribution < 1.29 is 15.0 Å². The molecule has 0 aliphatic carbocycles. The van der Waals surface area contributed by atoms with Crippen LogP contribution in [0.1, 0.15) is 39.5 Å². The van der Waals surface area contributed by atoms with Gasteiger partial charge in [-0.1, -0.05) is 6.92 Å². The van der Waals surface area contributed by atoms with Crippen LogP contribution >= 0.6 is 0 Å². The van der Waals surface area contributed by atoms with Crippen molar-refractivity contribution in [1.82, 2.24) is 4.90 Å². The van der Waals surface area contributed by atoms with Crippen molar-refractivity contribution in [2.45, 2.75) is 51.8 Å². The summed E-state index contributed by atoms with van der Waals surface area (Å²) in [7, 11) is 3.71. The van der Waals surface area contributed by atoms with E-state index in [1.165, 1.54) is 0 Å². The number of carbonyl (C=O) groups is 1. The molecule has 5 heteroatoms. The van der Waals surface area contributed by atoms with E-state index in [1.54, 1.807) is 4.90 Å². The molecule has 0 saturated heterocycles. The number of aliphatic hydroxyl groups excluding tert-OH is 1. The number of hydrogen-bond acceptors (Lipinski definition) is 4. The quantitative estimate of drug-likeness (QED) is 0.593. The van der Waals surface area contributed by atoms with E-state index in [0.717, 1.165) is 12.8 Å². The van der Waals surface area contributed by atoms with Crippen molar-refractivity contribution in [3.05, 3.63) is 0 Å². The van der Waals surface area contributed by atoms with E-state index in [9.17, 15) is 4.79 Å². The molecule has 0 rings (SSSR count). The molecule has 0 aliphatic rings. The van der Waals surface area contributed by atoms with Crippen LogP contribution in [0.3, 0.4) is 0 Å². The molecule has 0 fully saturated rings. The second-order valence-electron chi connectivity index (χ2n) is 4.12. The lowest BCUT2D eigenvalue weighted by molar-refractivity contribution is -0.137. The van der Waals surface area contributed by atoms with Crippen LogP contribution in [0, 0.1) is 0 Å². The van der Waals surface area contributed by atoms with Gasteiger partial charge >= 0.3 is 5.97 Å². The number of hydrogen-bond donors (Lipinski definition) is 3. The fourth-order valence-electron chi connectivity index (χ4n) is 0.940. The Labute approximate surface area is 98.2 Å². The van der Waals surface area contributed by atoms with Crippen LogP contribution in [0.2, 0.25) is 0 Å². The van der Waals surface area contributed by atoms with Crippen LogP contribution in [-0.4, -0.2) is 47.4 Å². The minimum absolute atomic E-state index is 0.129. The highest BCUT2D eigenvalue weighted by atomic mass is 16.4. The maximum absolute atomic E-state index is 9.94. The van der Waals surface area contributed by atoms with Crippen molar-refractivity contribution in [3.63, 3.8) is 0 Å². The Kier molecular flexibility index (Phi) is 12.0. The topological polar surface area (TPSA) is 86.8 Å². The lowest BCUT2D eigenvalue weighted by Crippen LogP contribution is -2.26. The molecule has 4 N–H and O–H groups in total. The van der Waals surface area contributed by atoms with Gasteiger partial charge in [0.15, 0.2) is 0 Å². The zero-order chi connectivity index (χ0) is 13.1. The number of nitrogens with zero attached hydrogens (tertiary/aromatic N) is 1. The molecule has 5 nitrogen and oxygen atoms in total. The Morgan fingerprint density at radius 1 is 1.44 bits per heavy atom. The van der Waals surface area contributed by atoms with E-state index in [2.05, 4.69) is 0 Å². The smallest absolute Gasteiger partial charge is 0.303 e. The molecule has 98 valence electrons. The van der Waals surface area contributed by atoms with Crippen LogP contribution < -0.4 is 5.73 Å². The molecule has 0 radical (unpaired) electrons. The minimum atomic E-state index is -0.740. The van der Waals surface area contributed by atoms with E-state index in [4.69, 9.17) is 15.9 Å². The zero-order valence-corrected chi connectivity index (χ0v) is 10.8. The minimum Gasteiger partial charge on any atom is -0.481 e. The van der Waals surface area contributed by atoms with Crippen LogP contribution in [-0.2, 0) is 4.79 Å². The van der Waals surface area contributed by atoms with Crippen molar-refractivity contribution in [3.8, 4) is 0 Å². The second kappa shape index (κ2) is 10.9. The van der Waals surface area contributed by atoms with Crippen LogP contribution in [0.5, 0.6) is 0 Å². The summed E-state index contributed by atoms with van der Waals surface area (Å²) < 4.78 is 0. The number of rotatable bonds is 6. The lowest BCUT2D eigenvalue weighted by Gasteiger charge is -2.15. The van der Waals surface area contributed by atoms with Crippen LogP contribution in [0.4, 0.5) is 0 Å². The first-order valence-corrected chi connectivity index (χ1v) is 5.63. The average Bonchev–Trinajstić information content (AvgIpc) is 2.16. The van der Waals surface area contributed by atoms with Crippen molar-refractivity contribution in [2.75, 3.05) is 14.1 Å². The van der Waals surface area contributed by atoms with Gasteiger partial charge in [0.1, 0.15) is 6.23 Å². The predicted molar refractivity (Wildman–Crippen MR) is 65.1 cm³/mol. The summed E-state index contributed by atoms with van der Waals surface area (Å²) in [4.78, 5) is 11.7. The molecule has 16 heavy (non-hydrogen) atoms. The number of aliphatic hydroxyl groups is 1. The first kappa shape index (κ1) is 17.7. The maximum Gasteiger partial charge on any atom is 0.303 e. The first-order valence-electron chi connectivity index (χ1n) is 5.63. The van der Waals surface area contributed by atoms with Gasteiger partial charge in [-0.05, 0) is 40.3 Å². The van der Waals surface area contributed by atoms with Crippen molar-refractivity contribution in [1.29, 1.82) is 0 Å². The first-order chi connectivity index (χ1) is 7.31.